The number of hydrogen-bond acceptors (Lipinski definition) is 0. The SMILES string of the molecule is CCCCCC1CCC(CCCCC2CCC(c3ccc(CCC)c(F)c3F)CC2)CC1. The molecule has 1 aromatic carbocycles. The monoisotopic (exact) mass is 446 g/mol. The lowest BCUT2D eigenvalue weighted by atomic mass is 9.76. The first-order chi connectivity index (χ1) is 15.6. The zero-order valence-corrected chi connectivity index (χ0v) is 20.9. The lowest BCUT2D eigenvalue weighted by Crippen LogP contribution is -2.16. The number of halogens is 2. The second kappa shape index (κ2) is 13.7. The molecule has 182 valence electrons. The minimum atomic E-state index is -0.596. The summed E-state index contributed by atoms with van der Waals surface area (Å²) in [5, 5.41) is 0. The van der Waals surface area contributed by atoms with E-state index >= 15 is 0 Å². The minimum Gasteiger partial charge on any atom is -0.203 e. The van der Waals surface area contributed by atoms with Crippen molar-refractivity contribution in [3.05, 3.63) is 34.9 Å². The van der Waals surface area contributed by atoms with Crippen LogP contribution in [0, 0.1) is 29.4 Å². The van der Waals surface area contributed by atoms with Crippen LogP contribution in [0.3, 0.4) is 0 Å². The molecule has 0 N–H and O–H groups in total. The van der Waals surface area contributed by atoms with Crippen LogP contribution in [0.25, 0.3) is 0 Å². The normalized spacial score (nSPS) is 26.4. The molecule has 0 bridgehead atoms. The van der Waals surface area contributed by atoms with E-state index < -0.39 is 11.6 Å². The Morgan fingerprint density at radius 1 is 0.625 bits per heavy atom. The van der Waals surface area contributed by atoms with Crippen molar-refractivity contribution in [1.82, 2.24) is 0 Å². The number of aryl methyl sites for hydroxylation is 1. The van der Waals surface area contributed by atoms with Crippen LogP contribution in [0.2, 0.25) is 0 Å². The summed E-state index contributed by atoms with van der Waals surface area (Å²) in [6, 6.07) is 3.69. The first-order valence-electron chi connectivity index (χ1n) is 14.1. The standard InChI is InChI=1S/C30H48F2/c1-3-5-6-10-23-13-15-24(16-14-23)11-7-8-12-25-17-19-26(20-18-25)28-22-21-27(9-4-2)29(31)30(28)32/h21-26H,3-20H2,1-2H3. The Hall–Kier alpha value is -0.920. The second-order valence-electron chi connectivity index (χ2n) is 11.1. The molecule has 0 nitrogen and oxygen atoms in total. The highest BCUT2D eigenvalue weighted by atomic mass is 19.2. The third-order valence-corrected chi connectivity index (χ3v) is 8.66. The number of hydrogen-bond donors (Lipinski definition) is 0. The van der Waals surface area contributed by atoms with Gasteiger partial charge in [-0.3, -0.25) is 0 Å². The van der Waals surface area contributed by atoms with Crippen LogP contribution < -0.4 is 0 Å². The van der Waals surface area contributed by atoms with Gasteiger partial charge in [0.15, 0.2) is 11.6 Å². The molecule has 0 aromatic heterocycles. The Labute approximate surface area is 197 Å². The Balaban J connectivity index is 1.30. The van der Waals surface area contributed by atoms with E-state index in [1.54, 1.807) is 0 Å². The van der Waals surface area contributed by atoms with Crippen molar-refractivity contribution in [3.63, 3.8) is 0 Å². The van der Waals surface area contributed by atoms with Gasteiger partial charge in [-0.25, -0.2) is 8.78 Å². The molecule has 2 saturated carbocycles. The summed E-state index contributed by atoms with van der Waals surface area (Å²) in [7, 11) is 0. The predicted octanol–water partition coefficient (Wildman–Crippen LogP) is 10.1. The number of rotatable bonds is 12. The van der Waals surface area contributed by atoms with Crippen molar-refractivity contribution in [3.8, 4) is 0 Å². The maximum absolute atomic E-state index is 14.6. The van der Waals surface area contributed by atoms with Gasteiger partial charge in [0.25, 0.3) is 0 Å². The third kappa shape index (κ3) is 7.56. The molecule has 1 aromatic rings. The molecule has 0 amide bonds. The van der Waals surface area contributed by atoms with E-state index in [0.717, 1.165) is 37.0 Å². The molecule has 3 rings (SSSR count). The van der Waals surface area contributed by atoms with Crippen molar-refractivity contribution in [2.75, 3.05) is 0 Å². The molecule has 2 fully saturated rings. The van der Waals surface area contributed by atoms with Crippen molar-refractivity contribution < 1.29 is 8.78 Å². The molecular formula is C30H48F2. The highest BCUT2D eigenvalue weighted by Crippen LogP contribution is 2.40. The van der Waals surface area contributed by atoms with E-state index in [2.05, 4.69) is 6.92 Å². The highest BCUT2D eigenvalue weighted by molar-refractivity contribution is 5.29. The van der Waals surface area contributed by atoms with Gasteiger partial charge in [0.1, 0.15) is 0 Å². The Kier molecular flexibility index (Phi) is 11.0. The molecule has 0 atom stereocenters. The van der Waals surface area contributed by atoms with E-state index in [1.165, 1.54) is 89.9 Å². The van der Waals surface area contributed by atoms with Gasteiger partial charge in [-0.15, -0.1) is 0 Å². The smallest absolute Gasteiger partial charge is 0.162 e. The first kappa shape index (κ1) is 25.7. The van der Waals surface area contributed by atoms with Gasteiger partial charge in [0.2, 0.25) is 0 Å². The van der Waals surface area contributed by atoms with Gasteiger partial charge in [-0.1, -0.05) is 109 Å². The summed E-state index contributed by atoms with van der Waals surface area (Å²) in [6.45, 7) is 4.31. The van der Waals surface area contributed by atoms with Crippen LogP contribution in [-0.2, 0) is 6.42 Å². The Morgan fingerprint density at radius 3 is 1.62 bits per heavy atom. The van der Waals surface area contributed by atoms with Gasteiger partial charge in [0.05, 0.1) is 0 Å². The van der Waals surface area contributed by atoms with Crippen LogP contribution in [0.5, 0.6) is 0 Å². The maximum Gasteiger partial charge on any atom is 0.162 e. The second-order valence-corrected chi connectivity index (χ2v) is 11.1. The van der Waals surface area contributed by atoms with E-state index in [9.17, 15) is 8.78 Å². The van der Waals surface area contributed by atoms with Crippen LogP contribution in [0.15, 0.2) is 12.1 Å². The molecule has 0 saturated heterocycles. The topological polar surface area (TPSA) is 0 Å². The molecule has 0 radical (unpaired) electrons. The van der Waals surface area contributed by atoms with E-state index in [1.807, 2.05) is 19.1 Å². The summed E-state index contributed by atoms with van der Waals surface area (Å²) in [5.41, 5.74) is 1.17. The molecule has 2 heteroatoms. The molecule has 2 aliphatic rings. The fourth-order valence-electron chi connectivity index (χ4n) is 6.50. The fourth-order valence-corrected chi connectivity index (χ4v) is 6.50. The number of unbranched alkanes of at least 4 members (excludes halogenated alkanes) is 3. The number of benzene rings is 1. The molecule has 2 aliphatic carbocycles. The van der Waals surface area contributed by atoms with Crippen molar-refractivity contribution in [2.24, 2.45) is 17.8 Å². The van der Waals surface area contributed by atoms with Crippen molar-refractivity contribution in [2.45, 2.75) is 135 Å². The molecule has 32 heavy (non-hydrogen) atoms. The largest absolute Gasteiger partial charge is 0.203 e. The van der Waals surface area contributed by atoms with E-state index in [0.29, 0.717) is 17.5 Å². The van der Waals surface area contributed by atoms with Gasteiger partial charge < -0.3 is 0 Å². The quantitative estimate of drug-likeness (QED) is 0.280. The summed E-state index contributed by atoms with van der Waals surface area (Å²) >= 11 is 0. The van der Waals surface area contributed by atoms with Crippen LogP contribution in [0.1, 0.15) is 140 Å². The summed E-state index contributed by atoms with van der Waals surface area (Å²) in [4.78, 5) is 0. The fraction of sp³-hybridized carbons (Fsp3) is 0.800. The highest BCUT2D eigenvalue weighted by Gasteiger charge is 2.26. The van der Waals surface area contributed by atoms with Crippen molar-refractivity contribution in [1.29, 1.82) is 0 Å². The molecular weight excluding hydrogens is 398 g/mol. The van der Waals surface area contributed by atoms with Crippen molar-refractivity contribution >= 4 is 0 Å². The average Bonchev–Trinajstić information content (AvgIpc) is 2.82. The van der Waals surface area contributed by atoms with E-state index in [4.69, 9.17) is 0 Å². The Bertz CT molecular complexity index is 651. The summed E-state index contributed by atoms with van der Waals surface area (Å²) < 4.78 is 29.0. The molecule has 0 unspecified atom stereocenters. The molecule has 0 heterocycles. The molecule has 0 aliphatic heterocycles. The maximum atomic E-state index is 14.6. The third-order valence-electron chi connectivity index (χ3n) is 8.66. The summed E-state index contributed by atoms with van der Waals surface area (Å²) in [6.07, 6.45) is 23.0. The minimum absolute atomic E-state index is 0.212. The molecule has 0 spiro atoms. The van der Waals surface area contributed by atoms with Gasteiger partial charge in [0, 0.05) is 0 Å². The zero-order valence-electron chi connectivity index (χ0n) is 20.9. The summed E-state index contributed by atoms with van der Waals surface area (Å²) in [5.74, 6) is 1.86. The average molecular weight is 447 g/mol. The Morgan fingerprint density at radius 2 is 1.12 bits per heavy atom. The van der Waals surface area contributed by atoms with Crippen LogP contribution in [0.4, 0.5) is 8.78 Å². The first-order valence-corrected chi connectivity index (χ1v) is 14.1. The van der Waals surface area contributed by atoms with E-state index in [-0.39, 0.29) is 5.92 Å². The van der Waals surface area contributed by atoms with Crippen LogP contribution in [-0.4, -0.2) is 0 Å². The predicted molar refractivity (Wildman–Crippen MR) is 133 cm³/mol. The van der Waals surface area contributed by atoms with Gasteiger partial charge >= 0.3 is 0 Å². The van der Waals surface area contributed by atoms with Gasteiger partial charge in [-0.05, 0) is 66.9 Å². The lowest BCUT2D eigenvalue weighted by molar-refractivity contribution is 0.240. The lowest BCUT2D eigenvalue weighted by Gasteiger charge is -2.30. The zero-order chi connectivity index (χ0) is 22.8. The van der Waals surface area contributed by atoms with Gasteiger partial charge in [-0.2, -0.15) is 0 Å². The van der Waals surface area contributed by atoms with Crippen LogP contribution >= 0.6 is 0 Å².